The molecule has 1 saturated heterocycles. The minimum atomic E-state index is -0.337. The Bertz CT molecular complexity index is 522. The van der Waals surface area contributed by atoms with Gasteiger partial charge < -0.3 is 10.6 Å². The van der Waals surface area contributed by atoms with Crippen molar-refractivity contribution in [3.8, 4) is 0 Å². The molecule has 2 aliphatic rings. The number of likely N-dealkylation sites (tertiary alicyclic amines) is 1. The van der Waals surface area contributed by atoms with E-state index in [1.54, 1.807) is 4.90 Å². The average Bonchev–Trinajstić information content (AvgIpc) is 2.77. The minimum Gasteiger partial charge on any atom is -0.335 e. The highest BCUT2D eigenvalue weighted by Gasteiger charge is 2.60. The Labute approximate surface area is 110 Å². The molecule has 5 heteroatoms. The van der Waals surface area contributed by atoms with Gasteiger partial charge in [0, 0.05) is 30.5 Å². The first kappa shape index (κ1) is 11.9. The van der Waals surface area contributed by atoms with Gasteiger partial charge in [0.25, 0.3) is 0 Å². The van der Waals surface area contributed by atoms with Crippen LogP contribution in [0.15, 0.2) is 18.2 Å². The van der Waals surface area contributed by atoms with Gasteiger partial charge in [0.1, 0.15) is 5.82 Å². The second kappa shape index (κ2) is 3.93. The Morgan fingerprint density at radius 3 is 2.94 bits per heavy atom. The zero-order valence-electron chi connectivity index (χ0n) is 9.94. The van der Waals surface area contributed by atoms with Crippen LogP contribution >= 0.6 is 11.6 Å². The number of rotatable bonds is 1. The molecule has 4 unspecified atom stereocenters. The molecule has 0 bridgehead atoms. The molecule has 1 aliphatic heterocycles. The predicted molar refractivity (Wildman–Crippen MR) is 66.5 cm³/mol. The lowest BCUT2D eigenvalue weighted by atomic mass is 10.0. The Hall–Kier alpha value is -1.13. The van der Waals surface area contributed by atoms with Crippen molar-refractivity contribution in [2.45, 2.75) is 19.0 Å². The molecule has 18 heavy (non-hydrogen) atoms. The standard InChI is InChI=1S/C13H14ClFN2O/c1-6(18)17-5-9-11(12(9)16)13(17)8-4-7(15)2-3-10(8)14/h2-4,9,11-13H,5,16H2,1H3. The van der Waals surface area contributed by atoms with Crippen molar-refractivity contribution in [3.05, 3.63) is 34.6 Å². The number of nitrogens with two attached hydrogens (primary N) is 1. The molecular weight excluding hydrogens is 255 g/mol. The van der Waals surface area contributed by atoms with Crippen LogP contribution in [0.3, 0.4) is 0 Å². The van der Waals surface area contributed by atoms with Crippen LogP contribution in [0, 0.1) is 17.7 Å². The summed E-state index contributed by atoms with van der Waals surface area (Å²) in [5.74, 6) is 0.196. The molecule has 0 radical (unpaired) electrons. The van der Waals surface area contributed by atoms with Crippen LogP contribution < -0.4 is 5.73 Å². The summed E-state index contributed by atoms with van der Waals surface area (Å²) in [4.78, 5) is 13.4. The molecule has 1 amide bonds. The zero-order valence-corrected chi connectivity index (χ0v) is 10.7. The average molecular weight is 269 g/mol. The number of amides is 1. The smallest absolute Gasteiger partial charge is 0.219 e. The third-order valence-corrected chi connectivity index (χ3v) is 4.43. The number of fused-ring (bicyclic) bond motifs is 1. The Kier molecular flexibility index (Phi) is 2.61. The maximum Gasteiger partial charge on any atom is 0.219 e. The number of hydrogen-bond acceptors (Lipinski definition) is 2. The summed E-state index contributed by atoms with van der Waals surface area (Å²) < 4.78 is 13.4. The maximum atomic E-state index is 13.4. The van der Waals surface area contributed by atoms with E-state index in [1.807, 2.05) is 0 Å². The molecule has 4 atom stereocenters. The molecule has 3 nitrogen and oxygen atoms in total. The highest BCUT2D eigenvalue weighted by molar-refractivity contribution is 6.31. The molecule has 1 aromatic rings. The van der Waals surface area contributed by atoms with Crippen LogP contribution in [0.5, 0.6) is 0 Å². The third-order valence-electron chi connectivity index (χ3n) is 4.08. The molecule has 1 saturated carbocycles. The summed E-state index contributed by atoms with van der Waals surface area (Å²) in [7, 11) is 0. The molecule has 1 aromatic carbocycles. The number of benzene rings is 1. The Balaban J connectivity index is 2.02. The maximum absolute atomic E-state index is 13.4. The number of hydrogen-bond donors (Lipinski definition) is 1. The van der Waals surface area contributed by atoms with Gasteiger partial charge in [-0.1, -0.05) is 11.6 Å². The van der Waals surface area contributed by atoms with Crippen molar-refractivity contribution in [1.82, 2.24) is 4.90 Å². The van der Waals surface area contributed by atoms with Crippen LogP contribution in [0.25, 0.3) is 0 Å². The van der Waals surface area contributed by atoms with E-state index in [2.05, 4.69) is 0 Å². The monoisotopic (exact) mass is 268 g/mol. The fraction of sp³-hybridized carbons (Fsp3) is 0.462. The lowest BCUT2D eigenvalue weighted by Crippen LogP contribution is -2.35. The van der Waals surface area contributed by atoms with E-state index in [0.717, 1.165) is 0 Å². The molecule has 3 rings (SSSR count). The lowest BCUT2D eigenvalue weighted by Gasteiger charge is -2.28. The highest BCUT2D eigenvalue weighted by Crippen LogP contribution is 2.56. The fourth-order valence-corrected chi connectivity index (χ4v) is 3.33. The molecule has 1 aliphatic carbocycles. The number of nitrogens with zero attached hydrogens (tertiary/aromatic N) is 1. The quantitative estimate of drug-likeness (QED) is 0.846. The van der Waals surface area contributed by atoms with Gasteiger partial charge in [-0.25, -0.2) is 4.39 Å². The largest absolute Gasteiger partial charge is 0.335 e. The van der Waals surface area contributed by atoms with E-state index in [9.17, 15) is 9.18 Å². The number of halogens is 2. The molecule has 0 spiro atoms. The van der Waals surface area contributed by atoms with Gasteiger partial charge in [-0.15, -0.1) is 0 Å². The van der Waals surface area contributed by atoms with Crippen LogP contribution in [-0.2, 0) is 4.79 Å². The van der Waals surface area contributed by atoms with E-state index in [-0.39, 0.29) is 29.7 Å². The second-order valence-corrected chi connectivity index (χ2v) is 5.51. The van der Waals surface area contributed by atoms with Gasteiger partial charge in [-0.2, -0.15) is 0 Å². The highest BCUT2D eigenvalue weighted by atomic mass is 35.5. The first-order chi connectivity index (χ1) is 8.50. The zero-order chi connectivity index (χ0) is 13.0. The SMILES string of the molecule is CC(=O)N1CC2C(N)C2C1c1cc(F)ccc1Cl. The van der Waals surface area contributed by atoms with Gasteiger partial charge in [0.2, 0.25) is 5.91 Å². The fourth-order valence-electron chi connectivity index (χ4n) is 3.11. The van der Waals surface area contributed by atoms with Gasteiger partial charge in [-0.3, -0.25) is 4.79 Å². The predicted octanol–water partition coefficient (Wildman–Crippen LogP) is 1.96. The number of piperidine rings is 1. The lowest BCUT2D eigenvalue weighted by molar-refractivity contribution is -0.130. The first-order valence-electron chi connectivity index (χ1n) is 5.98. The Morgan fingerprint density at radius 2 is 2.28 bits per heavy atom. The van der Waals surface area contributed by atoms with Gasteiger partial charge in [0.15, 0.2) is 0 Å². The van der Waals surface area contributed by atoms with E-state index < -0.39 is 0 Å². The van der Waals surface area contributed by atoms with Crippen LogP contribution in [0.4, 0.5) is 4.39 Å². The second-order valence-electron chi connectivity index (χ2n) is 5.10. The summed E-state index contributed by atoms with van der Waals surface area (Å²) in [6.07, 6.45) is 0. The molecule has 2 N–H and O–H groups in total. The van der Waals surface area contributed by atoms with Crippen LogP contribution in [0.1, 0.15) is 18.5 Å². The summed E-state index contributed by atoms with van der Waals surface area (Å²) in [5, 5.41) is 0.493. The van der Waals surface area contributed by atoms with E-state index >= 15 is 0 Å². The van der Waals surface area contributed by atoms with Crippen molar-refractivity contribution in [3.63, 3.8) is 0 Å². The summed E-state index contributed by atoms with van der Waals surface area (Å²) in [6.45, 7) is 2.18. The molecule has 1 heterocycles. The van der Waals surface area contributed by atoms with E-state index in [0.29, 0.717) is 23.0 Å². The normalized spacial score (nSPS) is 33.4. The number of carbonyl (C=O) groups excluding carboxylic acids is 1. The van der Waals surface area contributed by atoms with Crippen molar-refractivity contribution < 1.29 is 9.18 Å². The molecule has 96 valence electrons. The molecule has 2 fully saturated rings. The van der Waals surface area contributed by atoms with Crippen molar-refractivity contribution in [2.24, 2.45) is 17.6 Å². The van der Waals surface area contributed by atoms with Gasteiger partial charge in [0.05, 0.1) is 6.04 Å². The molecular formula is C13H14ClFN2O. The first-order valence-corrected chi connectivity index (χ1v) is 6.36. The summed E-state index contributed by atoms with van der Waals surface area (Å²) >= 11 is 6.13. The van der Waals surface area contributed by atoms with Crippen molar-refractivity contribution >= 4 is 17.5 Å². The summed E-state index contributed by atoms with van der Waals surface area (Å²) in [6, 6.07) is 4.20. The van der Waals surface area contributed by atoms with Gasteiger partial charge in [-0.05, 0) is 29.7 Å². The summed E-state index contributed by atoms with van der Waals surface area (Å²) in [5.41, 5.74) is 6.65. The van der Waals surface area contributed by atoms with Gasteiger partial charge >= 0.3 is 0 Å². The third kappa shape index (κ3) is 1.63. The van der Waals surface area contributed by atoms with Crippen LogP contribution in [0.2, 0.25) is 5.02 Å². The Morgan fingerprint density at radius 1 is 1.56 bits per heavy atom. The van der Waals surface area contributed by atoms with E-state index in [1.165, 1.54) is 25.1 Å². The number of carbonyl (C=O) groups is 1. The van der Waals surface area contributed by atoms with Crippen molar-refractivity contribution in [1.29, 1.82) is 0 Å². The van der Waals surface area contributed by atoms with Crippen molar-refractivity contribution in [2.75, 3.05) is 6.54 Å². The van der Waals surface area contributed by atoms with Crippen LogP contribution in [-0.4, -0.2) is 23.4 Å². The molecule has 0 aromatic heterocycles. The topological polar surface area (TPSA) is 46.3 Å². The minimum absolute atomic E-state index is 0.0141. The van der Waals surface area contributed by atoms with E-state index in [4.69, 9.17) is 17.3 Å².